The third-order valence-electron chi connectivity index (χ3n) is 3.27. The SMILES string of the molecule is C=CCN(Cc1cccs1)C(=O)C=Cc1ccc(OCC(N)=O)cc1. The molecule has 1 aromatic heterocycles. The molecule has 0 unspecified atom stereocenters. The van der Waals surface area contributed by atoms with Crippen molar-refractivity contribution in [3.05, 3.63) is 70.9 Å². The van der Waals surface area contributed by atoms with Gasteiger partial charge in [0.2, 0.25) is 5.91 Å². The van der Waals surface area contributed by atoms with Crippen molar-refractivity contribution in [2.24, 2.45) is 5.73 Å². The van der Waals surface area contributed by atoms with Crippen LogP contribution in [0.1, 0.15) is 10.4 Å². The monoisotopic (exact) mass is 356 g/mol. The van der Waals surface area contributed by atoms with Crippen molar-refractivity contribution in [3.8, 4) is 5.75 Å². The van der Waals surface area contributed by atoms with E-state index in [0.29, 0.717) is 18.8 Å². The lowest BCUT2D eigenvalue weighted by Crippen LogP contribution is -2.28. The van der Waals surface area contributed by atoms with Gasteiger partial charge in [-0.05, 0) is 35.2 Å². The smallest absolute Gasteiger partial charge is 0.255 e. The summed E-state index contributed by atoms with van der Waals surface area (Å²) in [5.41, 5.74) is 5.88. The standard InChI is InChI=1S/C19H20N2O3S/c1-2-11-21(13-17-4-3-12-25-17)19(23)10-7-15-5-8-16(9-6-15)24-14-18(20)22/h2-10,12H,1,11,13-14H2,(H2,20,22). The van der Waals surface area contributed by atoms with Crippen LogP contribution in [0.15, 0.2) is 60.5 Å². The Kier molecular flexibility index (Phi) is 6.98. The zero-order chi connectivity index (χ0) is 18.1. The summed E-state index contributed by atoms with van der Waals surface area (Å²) in [6, 6.07) is 11.0. The molecule has 1 heterocycles. The van der Waals surface area contributed by atoms with E-state index in [9.17, 15) is 9.59 Å². The van der Waals surface area contributed by atoms with Crippen LogP contribution >= 0.6 is 11.3 Å². The van der Waals surface area contributed by atoms with Crippen molar-refractivity contribution in [2.45, 2.75) is 6.54 Å². The van der Waals surface area contributed by atoms with E-state index < -0.39 is 5.91 Å². The average molecular weight is 356 g/mol. The summed E-state index contributed by atoms with van der Waals surface area (Å²) in [5.74, 6) is -0.0572. The number of amides is 2. The highest BCUT2D eigenvalue weighted by molar-refractivity contribution is 7.09. The number of hydrogen-bond donors (Lipinski definition) is 1. The number of thiophene rings is 1. The molecule has 0 saturated carbocycles. The second-order valence-corrected chi connectivity index (χ2v) is 6.28. The molecular formula is C19H20N2O3S. The average Bonchev–Trinajstić information content (AvgIpc) is 3.11. The van der Waals surface area contributed by atoms with E-state index in [1.807, 2.05) is 17.5 Å². The first-order valence-electron chi connectivity index (χ1n) is 7.70. The molecule has 2 rings (SSSR count). The molecule has 0 spiro atoms. The van der Waals surface area contributed by atoms with Gasteiger partial charge in [-0.1, -0.05) is 24.3 Å². The molecule has 6 heteroatoms. The first kappa shape index (κ1) is 18.5. The quantitative estimate of drug-likeness (QED) is 0.555. The molecule has 130 valence electrons. The Morgan fingerprint density at radius 3 is 2.60 bits per heavy atom. The van der Waals surface area contributed by atoms with Crippen molar-refractivity contribution in [1.29, 1.82) is 0 Å². The maximum absolute atomic E-state index is 12.4. The van der Waals surface area contributed by atoms with Crippen LogP contribution in [0.5, 0.6) is 5.75 Å². The summed E-state index contributed by atoms with van der Waals surface area (Å²) in [6.45, 7) is 4.60. The Morgan fingerprint density at radius 2 is 2.00 bits per heavy atom. The summed E-state index contributed by atoms with van der Waals surface area (Å²) < 4.78 is 5.19. The Morgan fingerprint density at radius 1 is 1.24 bits per heavy atom. The Hall–Kier alpha value is -2.86. The molecule has 0 saturated heterocycles. The minimum atomic E-state index is -0.525. The lowest BCUT2D eigenvalue weighted by atomic mass is 10.2. The van der Waals surface area contributed by atoms with Crippen molar-refractivity contribution in [3.63, 3.8) is 0 Å². The van der Waals surface area contributed by atoms with E-state index >= 15 is 0 Å². The molecule has 1 aromatic carbocycles. The van der Waals surface area contributed by atoms with Gasteiger partial charge in [0, 0.05) is 17.5 Å². The van der Waals surface area contributed by atoms with Crippen LogP contribution in [-0.2, 0) is 16.1 Å². The third kappa shape index (κ3) is 6.27. The number of carbonyl (C=O) groups is 2. The molecule has 0 atom stereocenters. The summed E-state index contributed by atoms with van der Waals surface area (Å²) in [4.78, 5) is 25.9. The number of benzene rings is 1. The van der Waals surface area contributed by atoms with Gasteiger partial charge in [-0.15, -0.1) is 17.9 Å². The molecule has 0 aliphatic rings. The van der Waals surface area contributed by atoms with Crippen molar-refractivity contribution in [2.75, 3.05) is 13.2 Å². The number of primary amides is 1. The summed E-state index contributed by atoms with van der Waals surface area (Å²) in [5, 5.41) is 1.99. The minimum Gasteiger partial charge on any atom is -0.484 e. The van der Waals surface area contributed by atoms with Gasteiger partial charge in [-0.2, -0.15) is 0 Å². The fraction of sp³-hybridized carbons (Fsp3) is 0.158. The molecule has 5 nitrogen and oxygen atoms in total. The highest BCUT2D eigenvalue weighted by Gasteiger charge is 2.10. The predicted octanol–water partition coefficient (Wildman–Crippen LogP) is 2.84. The molecule has 0 fully saturated rings. The topological polar surface area (TPSA) is 72.6 Å². The largest absolute Gasteiger partial charge is 0.484 e. The van der Waals surface area contributed by atoms with Crippen LogP contribution in [-0.4, -0.2) is 29.9 Å². The van der Waals surface area contributed by atoms with Gasteiger partial charge in [-0.3, -0.25) is 9.59 Å². The predicted molar refractivity (Wildman–Crippen MR) is 100 cm³/mol. The van der Waals surface area contributed by atoms with Crippen molar-refractivity contribution >= 4 is 29.2 Å². The molecule has 0 aliphatic heterocycles. The Balaban J connectivity index is 1.96. The van der Waals surface area contributed by atoms with E-state index in [1.165, 1.54) is 6.08 Å². The molecule has 25 heavy (non-hydrogen) atoms. The lowest BCUT2D eigenvalue weighted by molar-refractivity contribution is -0.126. The fourth-order valence-corrected chi connectivity index (χ4v) is 2.80. The van der Waals surface area contributed by atoms with Crippen molar-refractivity contribution < 1.29 is 14.3 Å². The normalized spacial score (nSPS) is 10.6. The van der Waals surface area contributed by atoms with E-state index in [1.54, 1.807) is 52.7 Å². The molecule has 2 aromatic rings. The zero-order valence-corrected chi connectivity index (χ0v) is 14.6. The number of nitrogens with zero attached hydrogens (tertiary/aromatic N) is 1. The second-order valence-electron chi connectivity index (χ2n) is 5.24. The maximum atomic E-state index is 12.4. The third-order valence-corrected chi connectivity index (χ3v) is 4.13. The van der Waals surface area contributed by atoms with E-state index in [0.717, 1.165) is 10.4 Å². The van der Waals surface area contributed by atoms with Crippen LogP contribution in [0.25, 0.3) is 6.08 Å². The molecule has 0 aliphatic carbocycles. The number of carbonyl (C=O) groups excluding carboxylic acids is 2. The maximum Gasteiger partial charge on any atom is 0.255 e. The zero-order valence-electron chi connectivity index (χ0n) is 13.8. The first-order valence-corrected chi connectivity index (χ1v) is 8.58. The minimum absolute atomic E-state index is 0.0812. The van der Waals surface area contributed by atoms with Crippen LogP contribution in [0.2, 0.25) is 0 Å². The van der Waals surface area contributed by atoms with Gasteiger partial charge in [0.05, 0.1) is 6.54 Å². The van der Waals surface area contributed by atoms with E-state index in [2.05, 4.69) is 6.58 Å². The van der Waals surface area contributed by atoms with Gasteiger partial charge in [0.1, 0.15) is 5.75 Å². The molecule has 2 amide bonds. The Bertz CT molecular complexity index is 737. The fourth-order valence-electron chi connectivity index (χ4n) is 2.08. The number of ether oxygens (including phenoxy) is 1. The summed E-state index contributed by atoms with van der Waals surface area (Å²) in [7, 11) is 0. The molecular weight excluding hydrogens is 336 g/mol. The number of nitrogens with two attached hydrogens (primary N) is 1. The van der Waals surface area contributed by atoms with E-state index in [4.69, 9.17) is 10.5 Å². The van der Waals surface area contributed by atoms with Gasteiger partial charge in [-0.25, -0.2) is 0 Å². The summed E-state index contributed by atoms with van der Waals surface area (Å²) in [6.07, 6.45) is 4.99. The Labute approximate surface area is 151 Å². The molecule has 2 N–H and O–H groups in total. The van der Waals surface area contributed by atoms with Gasteiger partial charge in [0.15, 0.2) is 6.61 Å². The highest BCUT2D eigenvalue weighted by atomic mass is 32.1. The summed E-state index contributed by atoms with van der Waals surface area (Å²) >= 11 is 1.62. The van der Waals surface area contributed by atoms with Crippen LogP contribution in [0.4, 0.5) is 0 Å². The number of hydrogen-bond acceptors (Lipinski definition) is 4. The van der Waals surface area contributed by atoms with Gasteiger partial charge >= 0.3 is 0 Å². The van der Waals surface area contributed by atoms with Crippen LogP contribution < -0.4 is 10.5 Å². The van der Waals surface area contributed by atoms with Crippen molar-refractivity contribution in [1.82, 2.24) is 4.90 Å². The highest BCUT2D eigenvalue weighted by Crippen LogP contribution is 2.15. The van der Waals surface area contributed by atoms with E-state index in [-0.39, 0.29) is 12.5 Å². The lowest BCUT2D eigenvalue weighted by Gasteiger charge is -2.18. The van der Waals surface area contributed by atoms with Crippen LogP contribution in [0, 0.1) is 0 Å². The van der Waals surface area contributed by atoms with Gasteiger partial charge < -0.3 is 15.4 Å². The van der Waals surface area contributed by atoms with Crippen LogP contribution in [0.3, 0.4) is 0 Å². The first-order chi connectivity index (χ1) is 12.1. The van der Waals surface area contributed by atoms with Gasteiger partial charge in [0.25, 0.3) is 5.91 Å². The molecule has 0 bridgehead atoms. The second kappa shape index (κ2) is 9.44. The molecule has 0 radical (unpaired) electrons. The number of rotatable bonds is 9.